The number of aliphatic hydroxyl groups is 1. The molecular formula is C16H13F2N3O3. The molecule has 2 aromatic carbocycles. The molecule has 0 spiro atoms. The number of hydrogen-bond donors (Lipinski definition) is 2. The minimum Gasteiger partial charge on any atom is -0.391 e. The summed E-state index contributed by atoms with van der Waals surface area (Å²) in [4.78, 5) is 10.1. The molecule has 0 heterocycles. The van der Waals surface area contributed by atoms with Crippen LogP contribution in [-0.2, 0) is 6.42 Å². The predicted octanol–water partition coefficient (Wildman–Crippen LogP) is 2.76. The number of nitrogens with zero attached hydrogens (tertiary/aromatic N) is 2. The molecule has 0 aliphatic carbocycles. The third-order valence-electron chi connectivity index (χ3n) is 3.33. The summed E-state index contributed by atoms with van der Waals surface area (Å²) in [6.07, 6.45) is -0.998. The molecule has 8 heteroatoms. The monoisotopic (exact) mass is 333 g/mol. The first-order chi connectivity index (χ1) is 11.4. The number of nitriles is 1. The maximum Gasteiger partial charge on any atom is 0.287 e. The third kappa shape index (κ3) is 4.24. The van der Waals surface area contributed by atoms with Crippen LogP contribution < -0.4 is 5.32 Å². The zero-order chi connectivity index (χ0) is 17.7. The van der Waals surface area contributed by atoms with Gasteiger partial charge in [0, 0.05) is 30.8 Å². The van der Waals surface area contributed by atoms with Gasteiger partial charge in [-0.05, 0) is 23.8 Å². The molecule has 2 N–H and O–H groups in total. The van der Waals surface area contributed by atoms with Gasteiger partial charge in [0.25, 0.3) is 5.69 Å². The number of anilines is 1. The second-order valence-electron chi connectivity index (χ2n) is 5.08. The van der Waals surface area contributed by atoms with E-state index in [0.29, 0.717) is 5.69 Å². The summed E-state index contributed by atoms with van der Waals surface area (Å²) < 4.78 is 26.3. The van der Waals surface area contributed by atoms with Gasteiger partial charge in [-0.15, -0.1) is 0 Å². The Hall–Kier alpha value is -3.05. The molecule has 0 radical (unpaired) electrons. The van der Waals surface area contributed by atoms with Gasteiger partial charge in [-0.1, -0.05) is 6.07 Å². The molecule has 2 aromatic rings. The summed E-state index contributed by atoms with van der Waals surface area (Å²) in [5.41, 5.74) is 0.170. The minimum absolute atomic E-state index is 0.0273. The standard InChI is InChI=1S/C16H13F2N3O3/c17-12-2-1-10(15(18)7-12)6-14(22)9-20-13-3-4-16(21(23)24)11(5-13)8-19/h1-5,7,14,20,22H,6,9H2/t14-/m0/s1. The highest BCUT2D eigenvalue weighted by Gasteiger charge is 2.15. The lowest BCUT2D eigenvalue weighted by molar-refractivity contribution is -0.385. The molecule has 6 nitrogen and oxygen atoms in total. The minimum atomic E-state index is -0.967. The number of benzene rings is 2. The Morgan fingerprint density at radius 1 is 1.29 bits per heavy atom. The second kappa shape index (κ2) is 7.48. The Bertz CT molecular complexity index is 806. The molecule has 0 saturated heterocycles. The molecule has 2 rings (SSSR count). The lowest BCUT2D eigenvalue weighted by atomic mass is 10.1. The summed E-state index contributed by atoms with van der Waals surface area (Å²) in [6, 6.07) is 8.72. The molecule has 1 atom stereocenters. The zero-order valence-electron chi connectivity index (χ0n) is 12.4. The Balaban J connectivity index is 2.00. The largest absolute Gasteiger partial charge is 0.391 e. The van der Waals surface area contributed by atoms with Crippen LogP contribution in [0.1, 0.15) is 11.1 Å². The number of nitrogens with one attached hydrogen (secondary N) is 1. The summed E-state index contributed by atoms with van der Waals surface area (Å²) in [6.45, 7) is 0.0273. The van der Waals surface area contributed by atoms with Gasteiger partial charge in [0.2, 0.25) is 0 Å². The Morgan fingerprint density at radius 3 is 2.67 bits per heavy atom. The highest BCUT2D eigenvalue weighted by atomic mass is 19.1. The second-order valence-corrected chi connectivity index (χ2v) is 5.08. The highest BCUT2D eigenvalue weighted by molar-refractivity contribution is 5.58. The number of hydrogen-bond acceptors (Lipinski definition) is 5. The molecule has 124 valence electrons. The van der Waals surface area contributed by atoms with Gasteiger partial charge in [0.15, 0.2) is 0 Å². The van der Waals surface area contributed by atoms with Crippen LogP contribution >= 0.6 is 0 Å². The van der Waals surface area contributed by atoms with Crippen molar-refractivity contribution in [3.05, 3.63) is 69.3 Å². The fourth-order valence-corrected chi connectivity index (χ4v) is 2.14. The van der Waals surface area contributed by atoms with E-state index < -0.39 is 22.7 Å². The van der Waals surface area contributed by atoms with Crippen LogP contribution in [0.3, 0.4) is 0 Å². The van der Waals surface area contributed by atoms with Crippen molar-refractivity contribution in [3.8, 4) is 6.07 Å². The van der Waals surface area contributed by atoms with Crippen molar-refractivity contribution in [2.45, 2.75) is 12.5 Å². The van der Waals surface area contributed by atoms with E-state index in [4.69, 9.17) is 5.26 Å². The van der Waals surface area contributed by atoms with Crippen LogP contribution in [-0.4, -0.2) is 22.7 Å². The van der Waals surface area contributed by atoms with Crippen molar-refractivity contribution < 1.29 is 18.8 Å². The zero-order valence-corrected chi connectivity index (χ0v) is 12.4. The quantitative estimate of drug-likeness (QED) is 0.625. The van der Waals surface area contributed by atoms with Crippen LogP contribution in [0.4, 0.5) is 20.2 Å². The summed E-state index contributed by atoms with van der Waals surface area (Å²) in [5.74, 6) is -1.44. The van der Waals surface area contributed by atoms with E-state index >= 15 is 0 Å². The molecule has 0 saturated carbocycles. The van der Waals surface area contributed by atoms with Gasteiger partial charge >= 0.3 is 0 Å². The molecular weight excluding hydrogens is 320 g/mol. The lowest BCUT2D eigenvalue weighted by Gasteiger charge is -2.13. The molecule has 0 unspecified atom stereocenters. The first kappa shape index (κ1) is 17.3. The molecule has 0 bridgehead atoms. The summed E-state index contributed by atoms with van der Waals surface area (Å²) >= 11 is 0. The van der Waals surface area contributed by atoms with Crippen molar-refractivity contribution in [3.63, 3.8) is 0 Å². The fourth-order valence-electron chi connectivity index (χ4n) is 2.14. The topological polar surface area (TPSA) is 99.2 Å². The van der Waals surface area contributed by atoms with Gasteiger partial charge in [-0.2, -0.15) is 5.26 Å². The molecule has 0 aromatic heterocycles. The van der Waals surface area contributed by atoms with Crippen molar-refractivity contribution in [1.82, 2.24) is 0 Å². The predicted molar refractivity (Wildman–Crippen MR) is 82.4 cm³/mol. The van der Waals surface area contributed by atoms with Crippen LogP contribution in [0.2, 0.25) is 0 Å². The Kier molecular flexibility index (Phi) is 5.39. The SMILES string of the molecule is N#Cc1cc(NC[C@@H](O)Cc2ccc(F)cc2F)ccc1[N+](=O)[O-]. The van der Waals surface area contributed by atoms with E-state index in [0.717, 1.165) is 12.1 Å². The Morgan fingerprint density at radius 2 is 2.04 bits per heavy atom. The van der Waals surface area contributed by atoms with Crippen LogP contribution in [0.5, 0.6) is 0 Å². The molecule has 0 aliphatic rings. The van der Waals surface area contributed by atoms with Crippen molar-refractivity contribution in [1.29, 1.82) is 5.26 Å². The van der Waals surface area contributed by atoms with E-state index in [1.54, 1.807) is 6.07 Å². The smallest absolute Gasteiger partial charge is 0.287 e. The molecule has 0 amide bonds. The number of nitro benzene ring substituents is 1. The van der Waals surface area contributed by atoms with Gasteiger partial charge in [-0.3, -0.25) is 10.1 Å². The average Bonchev–Trinajstić information content (AvgIpc) is 2.55. The maximum absolute atomic E-state index is 13.5. The van der Waals surface area contributed by atoms with Crippen molar-refractivity contribution >= 4 is 11.4 Å². The lowest BCUT2D eigenvalue weighted by Crippen LogP contribution is -2.22. The van der Waals surface area contributed by atoms with Gasteiger partial charge < -0.3 is 10.4 Å². The summed E-state index contributed by atoms with van der Waals surface area (Å²) in [5, 5.41) is 32.4. The van der Waals surface area contributed by atoms with Crippen LogP contribution in [0.25, 0.3) is 0 Å². The normalized spacial score (nSPS) is 11.6. The average molecular weight is 333 g/mol. The summed E-state index contributed by atoms with van der Waals surface area (Å²) in [7, 11) is 0. The number of nitro groups is 1. The van der Waals surface area contributed by atoms with E-state index in [9.17, 15) is 24.0 Å². The number of aliphatic hydroxyl groups excluding tert-OH is 1. The van der Waals surface area contributed by atoms with E-state index in [-0.39, 0.29) is 29.8 Å². The molecule has 24 heavy (non-hydrogen) atoms. The first-order valence-electron chi connectivity index (χ1n) is 6.95. The first-order valence-corrected chi connectivity index (χ1v) is 6.95. The number of halogens is 2. The van der Waals surface area contributed by atoms with Crippen molar-refractivity contribution in [2.24, 2.45) is 0 Å². The number of rotatable bonds is 6. The van der Waals surface area contributed by atoms with Gasteiger partial charge in [0.05, 0.1) is 11.0 Å². The Labute approximate surface area is 136 Å². The molecule has 0 fully saturated rings. The van der Waals surface area contributed by atoms with Crippen molar-refractivity contribution in [2.75, 3.05) is 11.9 Å². The molecule has 0 aliphatic heterocycles. The highest BCUT2D eigenvalue weighted by Crippen LogP contribution is 2.22. The van der Waals surface area contributed by atoms with E-state index in [1.165, 1.54) is 24.3 Å². The van der Waals surface area contributed by atoms with Gasteiger partial charge in [0.1, 0.15) is 23.3 Å². The maximum atomic E-state index is 13.5. The van der Waals surface area contributed by atoms with Crippen LogP contribution in [0.15, 0.2) is 36.4 Å². The van der Waals surface area contributed by atoms with Crippen LogP contribution in [0, 0.1) is 33.1 Å². The van der Waals surface area contributed by atoms with E-state index in [2.05, 4.69) is 5.32 Å². The van der Waals surface area contributed by atoms with Gasteiger partial charge in [-0.25, -0.2) is 8.78 Å². The van der Waals surface area contributed by atoms with E-state index in [1.807, 2.05) is 0 Å². The fraction of sp³-hybridized carbons (Fsp3) is 0.188. The third-order valence-corrected chi connectivity index (χ3v) is 3.33.